The minimum atomic E-state index is -1.16. The zero-order valence-corrected chi connectivity index (χ0v) is 22.7. The van der Waals surface area contributed by atoms with Crippen LogP contribution in [0, 0.1) is 0 Å². The van der Waals surface area contributed by atoms with Gasteiger partial charge in [-0.2, -0.15) is 0 Å². The van der Waals surface area contributed by atoms with Gasteiger partial charge >= 0.3 is 5.97 Å². The van der Waals surface area contributed by atoms with Crippen molar-refractivity contribution in [2.75, 3.05) is 4.90 Å². The molecule has 4 aromatic rings. The van der Waals surface area contributed by atoms with Gasteiger partial charge in [-0.05, 0) is 62.4 Å². The number of benzene rings is 1. The molecule has 0 spiro atoms. The number of hydrogen-bond donors (Lipinski definition) is 1. The monoisotopic (exact) mass is 548 g/mol. The highest BCUT2D eigenvalue weighted by molar-refractivity contribution is 5.78. The summed E-state index contributed by atoms with van der Waals surface area (Å²) in [5.41, 5.74) is 2.08. The van der Waals surface area contributed by atoms with E-state index in [-0.39, 0.29) is 35.1 Å². The second-order valence-electron chi connectivity index (χ2n) is 10.7. The number of anilines is 1. The smallest absolute Gasteiger partial charge is 0.323 e. The van der Waals surface area contributed by atoms with Crippen molar-refractivity contribution in [1.29, 1.82) is 0 Å². The number of piperidine rings is 2. The summed E-state index contributed by atoms with van der Waals surface area (Å²) in [6.07, 6.45) is 4.82. The first-order valence-corrected chi connectivity index (χ1v) is 14.1. The van der Waals surface area contributed by atoms with Crippen LogP contribution >= 0.6 is 0 Å². The minimum Gasteiger partial charge on any atom is -0.480 e. The minimum absolute atomic E-state index is 0.0634. The van der Waals surface area contributed by atoms with E-state index in [4.69, 9.17) is 0 Å². The van der Waals surface area contributed by atoms with Crippen molar-refractivity contribution >= 4 is 22.7 Å². The van der Waals surface area contributed by atoms with E-state index in [0.29, 0.717) is 5.52 Å². The van der Waals surface area contributed by atoms with Crippen molar-refractivity contribution in [2.24, 2.45) is 0 Å². The molecule has 2 aliphatic heterocycles. The van der Waals surface area contributed by atoms with E-state index in [2.05, 4.69) is 34.1 Å². The van der Waals surface area contributed by atoms with Crippen LogP contribution in [0.3, 0.4) is 0 Å². The molecule has 41 heavy (non-hydrogen) atoms. The lowest BCUT2D eigenvalue weighted by Crippen LogP contribution is -2.53. The Hall–Kier alpha value is -4.72. The van der Waals surface area contributed by atoms with Gasteiger partial charge in [-0.25, -0.2) is 4.98 Å². The first-order chi connectivity index (χ1) is 20.0. The molecule has 2 aliphatic rings. The number of carbonyl (C=O) groups is 1. The van der Waals surface area contributed by atoms with Crippen molar-refractivity contribution in [3.8, 4) is 11.4 Å². The second kappa shape index (κ2) is 11.4. The van der Waals surface area contributed by atoms with Crippen LogP contribution in [0.4, 0.5) is 5.69 Å². The number of carboxylic acids is 1. The van der Waals surface area contributed by atoms with E-state index in [0.717, 1.165) is 42.2 Å². The topological polar surface area (TPSA) is 97.4 Å². The SMILES string of the molecule is O=C(O)Cn1c(-c2nc3ccccc3n([C@H]3C[C@H]4CCC[C@@H](C3)N4c3ccccccccc3)c2=O)cccc1=O. The average molecular weight is 549 g/mol. The second-order valence-corrected chi connectivity index (χ2v) is 10.7. The highest BCUT2D eigenvalue weighted by Crippen LogP contribution is 2.42. The summed E-state index contributed by atoms with van der Waals surface area (Å²) in [6.45, 7) is -0.548. The molecule has 8 heteroatoms. The lowest BCUT2D eigenvalue weighted by Gasteiger charge is -2.50. The number of hydrogen-bond acceptors (Lipinski definition) is 5. The number of aliphatic carboxylic acids is 1. The van der Waals surface area contributed by atoms with E-state index in [1.165, 1.54) is 11.8 Å². The van der Waals surface area contributed by atoms with E-state index in [1.54, 1.807) is 12.1 Å². The maximum Gasteiger partial charge on any atom is 0.323 e. The van der Waals surface area contributed by atoms with Crippen molar-refractivity contribution in [3.05, 3.63) is 118 Å². The third-order valence-corrected chi connectivity index (χ3v) is 8.19. The number of carboxylic acid groups (broad SMARTS) is 1. The van der Waals surface area contributed by atoms with Crippen LogP contribution in [0.25, 0.3) is 22.4 Å². The molecule has 6 rings (SSSR count). The molecule has 8 nitrogen and oxygen atoms in total. The average Bonchev–Trinajstić information content (AvgIpc) is 2.96. The molecule has 0 unspecified atom stereocenters. The molecule has 2 aromatic heterocycles. The predicted octanol–water partition coefficient (Wildman–Crippen LogP) is 5.20. The number of pyridine rings is 1. The summed E-state index contributed by atoms with van der Waals surface area (Å²) < 4.78 is 2.96. The van der Waals surface area contributed by atoms with E-state index >= 15 is 0 Å². The Labute approximate surface area is 237 Å². The Morgan fingerprint density at radius 2 is 1.41 bits per heavy atom. The van der Waals surface area contributed by atoms with E-state index in [9.17, 15) is 19.5 Å². The number of nitrogens with zero attached hydrogens (tertiary/aromatic N) is 4. The number of fused-ring (bicyclic) bond motifs is 3. The largest absolute Gasteiger partial charge is 0.480 e. The van der Waals surface area contributed by atoms with Gasteiger partial charge in [0.2, 0.25) is 0 Å². The molecule has 0 saturated carbocycles. The molecule has 0 amide bonds. The molecule has 2 aromatic carbocycles. The third kappa shape index (κ3) is 5.25. The molecule has 2 saturated heterocycles. The zero-order chi connectivity index (χ0) is 28.3. The summed E-state index contributed by atoms with van der Waals surface area (Å²) in [4.78, 5) is 45.7. The van der Waals surface area contributed by atoms with Crippen LogP contribution in [0.1, 0.15) is 38.1 Å². The maximum absolute atomic E-state index is 14.3. The van der Waals surface area contributed by atoms with E-state index in [1.807, 2.05) is 59.2 Å². The van der Waals surface area contributed by atoms with Crippen LogP contribution in [-0.2, 0) is 11.3 Å². The third-order valence-electron chi connectivity index (χ3n) is 8.19. The Bertz CT molecular complexity index is 1740. The molecule has 1 N–H and O–H groups in total. The lowest BCUT2D eigenvalue weighted by molar-refractivity contribution is -0.137. The fourth-order valence-corrected chi connectivity index (χ4v) is 6.55. The highest BCUT2D eigenvalue weighted by atomic mass is 16.4. The highest BCUT2D eigenvalue weighted by Gasteiger charge is 2.40. The molecule has 2 bridgehead atoms. The first kappa shape index (κ1) is 26.5. The summed E-state index contributed by atoms with van der Waals surface area (Å²) in [7, 11) is 0. The standard InChI is InChI=1S/C33H32N4O4/c38-30-19-11-18-29(35(30)22-31(39)40)32-33(41)37(28-17-9-8-16-27(28)34-32)26-20-24-14-10-15-25(21-26)36(24)23-12-6-4-2-1-3-5-7-13-23/h1-9,11-13,16-19,24-26H,10,14-15,20-22H2,(H,39,40)/t24-,25+,26+. The lowest BCUT2D eigenvalue weighted by atomic mass is 9.81. The normalized spacial score (nSPS) is 19.9. The van der Waals surface area contributed by atoms with Crippen LogP contribution in [0.2, 0.25) is 0 Å². The number of rotatable bonds is 5. The molecule has 0 aliphatic carbocycles. The molecule has 2 fully saturated rings. The van der Waals surface area contributed by atoms with Crippen LogP contribution in [0.5, 0.6) is 0 Å². The van der Waals surface area contributed by atoms with Crippen LogP contribution < -0.4 is 16.0 Å². The molecule has 4 heterocycles. The van der Waals surface area contributed by atoms with Gasteiger partial charge in [0.15, 0.2) is 5.69 Å². The first-order valence-electron chi connectivity index (χ1n) is 14.1. The molecular weight excluding hydrogens is 516 g/mol. The van der Waals surface area contributed by atoms with E-state index < -0.39 is 18.1 Å². The Morgan fingerprint density at radius 1 is 0.780 bits per heavy atom. The molecule has 3 atom stereocenters. The Morgan fingerprint density at radius 3 is 2.10 bits per heavy atom. The van der Waals surface area contributed by atoms with Gasteiger partial charge in [0.25, 0.3) is 11.1 Å². The predicted molar refractivity (Wildman–Crippen MR) is 160 cm³/mol. The fourth-order valence-electron chi connectivity index (χ4n) is 6.55. The zero-order valence-electron chi connectivity index (χ0n) is 22.7. The fraction of sp³-hybridized carbons (Fsp3) is 0.273. The molecule has 0 radical (unpaired) electrons. The van der Waals surface area contributed by atoms with Gasteiger partial charge < -0.3 is 14.6 Å². The van der Waals surface area contributed by atoms with Gasteiger partial charge in [-0.15, -0.1) is 0 Å². The van der Waals surface area contributed by atoms with Gasteiger partial charge in [0.1, 0.15) is 6.54 Å². The maximum atomic E-state index is 14.3. The van der Waals surface area contributed by atoms with Crippen LogP contribution in [-0.4, -0.2) is 37.3 Å². The van der Waals surface area contributed by atoms with Gasteiger partial charge in [0.05, 0.1) is 16.7 Å². The Balaban J connectivity index is 1.46. The van der Waals surface area contributed by atoms with Crippen molar-refractivity contribution in [2.45, 2.75) is 56.8 Å². The van der Waals surface area contributed by atoms with Crippen molar-refractivity contribution in [3.63, 3.8) is 0 Å². The van der Waals surface area contributed by atoms with Crippen LogP contribution in [0.15, 0.2) is 107 Å². The Kier molecular flexibility index (Phi) is 7.37. The number of para-hydroxylation sites is 2. The summed E-state index contributed by atoms with van der Waals surface area (Å²) >= 11 is 0. The van der Waals surface area contributed by atoms with Crippen molar-refractivity contribution in [1.82, 2.24) is 14.1 Å². The quantitative estimate of drug-likeness (QED) is 0.368. The summed E-state index contributed by atoms with van der Waals surface area (Å²) in [6, 6.07) is 31.0. The number of aromatic nitrogens is 3. The van der Waals surface area contributed by atoms with Gasteiger partial charge in [0, 0.05) is 29.9 Å². The summed E-state index contributed by atoms with van der Waals surface area (Å²) in [5.74, 6) is -1.16. The van der Waals surface area contributed by atoms with Crippen molar-refractivity contribution < 1.29 is 9.90 Å². The molecular formula is C33H32N4O4. The van der Waals surface area contributed by atoms with Gasteiger partial charge in [-0.1, -0.05) is 60.7 Å². The summed E-state index contributed by atoms with van der Waals surface area (Å²) in [5, 5.41) is 9.46. The molecule has 208 valence electrons. The van der Waals surface area contributed by atoms with Gasteiger partial charge in [-0.3, -0.25) is 19.0 Å².